The van der Waals surface area contributed by atoms with E-state index in [-0.39, 0.29) is 16.7 Å². The predicted octanol–water partition coefficient (Wildman–Crippen LogP) is 3.38. The number of hydrogen-bond donors (Lipinski definition) is 1. The van der Waals surface area contributed by atoms with Crippen molar-refractivity contribution in [3.63, 3.8) is 0 Å². The summed E-state index contributed by atoms with van der Waals surface area (Å²) in [5, 5.41) is 3.02. The van der Waals surface area contributed by atoms with Crippen LogP contribution in [-0.4, -0.2) is 36.7 Å². The average molecular weight is 466 g/mol. The molecule has 1 aromatic heterocycles. The molecule has 1 saturated heterocycles. The van der Waals surface area contributed by atoms with Gasteiger partial charge in [-0.05, 0) is 48.2 Å². The van der Waals surface area contributed by atoms with Crippen molar-refractivity contribution in [2.45, 2.75) is 30.9 Å². The second-order valence-electron chi connectivity index (χ2n) is 7.96. The minimum absolute atomic E-state index is 0.0489. The van der Waals surface area contributed by atoms with Crippen LogP contribution in [0.15, 0.2) is 84.0 Å². The number of nitrogens with one attached hydrogen (secondary N) is 1. The third kappa shape index (κ3) is 5.77. The number of piperidine rings is 1. The Hall–Kier alpha value is -3.23. The number of sulfonamides is 1. The molecule has 3 aromatic rings. The van der Waals surface area contributed by atoms with E-state index in [1.54, 1.807) is 18.3 Å². The molecule has 172 valence electrons. The maximum atomic E-state index is 12.8. The van der Waals surface area contributed by atoms with Crippen molar-refractivity contribution in [2.24, 2.45) is 5.92 Å². The fraction of sp³-hybridized carbons (Fsp3) is 0.280. The highest BCUT2D eigenvalue weighted by atomic mass is 32.2. The first-order valence-electron chi connectivity index (χ1n) is 11.0. The molecule has 0 aliphatic carbocycles. The van der Waals surface area contributed by atoms with Gasteiger partial charge in [0.1, 0.15) is 17.3 Å². The van der Waals surface area contributed by atoms with Gasteiger partial charge in [-0.3, -0.25) is 9.78 Å². The van der Waals surface area contributed by atoms with Gasteiger partial charge in [0.2, 0.25) is 15.9 Å². The van der Waals surface area contributed by atoms with Crippen molar-refractivity contribution < 1.29 is 17.9 Å². The number of carbonyl (C=O) groups excluding carboxylic acids is 1. The summed E-state index contributed by atoms with van der Waals surface area (Å²) < 4.78 is 32.8. The SMILES string of the molecule is O=C(NCc1ccccc1COc1ccccc1)C1CCN(S(=O)(=O)c2cccnc2)CC1. The number of rotatable bonds is 8. The molecular weight excluding hydrogens is 438 g/mol. The third-order valence-electron chi connectivity index (χ3n) is 5.81. The first kappa shape index (κ1) is 22.9. The van der Waals surface area contributed by atoms with Crippen molar-refractivity contribution in [1.29, 1.82) is 0 Å². The third-order valence-corrected chi connectivity index (χ3v) is 7.69. The van der Waals surface area contributed by atoms with Crippen LogP contribution in [-0.2, 0) is 28.0 Å². The Morgan fingerprint density at radius 1 is 0.970 bits per heavy atom. The van der Waals surface area contributed by atoms with E-state index in [0.29, 0.717) is 39.1 Å². The van der Waals surface area contributed by atoms with Crippen LogP contribution in [0, 0.1) is 5.92 Å². The fourth-order valence-corrected chi connectivity index (χ4v) is 5.32. The molecule has 2 heterocycles. The van der Waals surface area contributed by atoms with Gasteiger partial charge in [-0.25, -0.2) is 8.42 Å². The van der Waals surface area contributed by atoms with Crippen LogP contribution < -0.4 is 10.1 Å². The monoisotopic (exact) mass is 465 g/mol. The summed E-state index contributed by atoms with van der Waals surface area (Å²) in [4.78, 5) is 16.9. The fourth-order valence-electron chi connectivity index (χ4n) is 3.88. The highest BCUT2D eigenvalue weighted by molar-refractivity contribution is 7.89. The number of ether oxygens (including phenoxy) is 1. The lowest BCUT2D eigenvalue weighted by Gasteiger charge is -2.30. The van der Waals surface area contributed by atoms with E-state index in [2.05, 4.69) is 10.3 Å². The number of hydrogen-bond acceptors (Lipinski definition) is 5. The zero-order valence-corrected chi connectivity index (χ0v) is 19.1. The summed E-state index contributed by atoms with van der Waals surface area (Å²) in [6.07, 6.45) is 3.88. The van der Waals surface area contributed by atoms with Crippen molar-refractivity contribution >= 4 is 15.9 Å². The number of amides is 1. The van der Waals surface area contributed by atoms with Crippen LogP contribution in [0.5, 0.6) is 5.75 Å². The molecule has 0 radical (unpaired) electrons. The van der Waals surface area contributed by atoms with Crippen molar-refractivity contribution in [1.82, 2.24) is 14.6 Å². The zero-order valence-electron chi connectivity index (χ0n) is 18.3. The first-order valence-corrected chi connectivity index (χ1v) is 12.4. The summed E-state index contributed by atoms with van der Waals surface area (Å²) in [5.74, 6) is 0.537. The van der Waals surface area contributed by atoms with Crippen molar-refractivity contribution in [3.05, 3.63) is 90.3 Å². The molecule has 0 atom stereocenters. The summed E-state index contributed by atoms with van der Waals surface area (Å²) in [6, 6.07) is 20.6. The molecule has 8 heteroatoms. The van der Waals surface area contributed by atoms with Gasteiger partial charge in [0.05, 0.1) is 0 Å². The van der Waals surface area contributed by atoms with Crippen LogP contribution in [0.3, 0.4) is 0 Å². The lowest BCUT2D eigenvalue weighted by Crippen LogP contribution is -2.42. The van der Waals surface area contributed by atoms with Crippen LogP contribution in [0.4, 0.5) is 0 Å². The first-order chi connectivity index (χ1) is 16.0. The molecule has 0 spiro atoms. The quantitative estimate of drug-likeness (QED) is 0.551. The van der Waals surface area contributed by atoms with Crippen LogP contribution >= 0.6 is 0 Å². The van der Waals surface area contributed by atoms with Gasteiger partial charge >= 0.3 is 0 Å². The number of para-hydroxylation sites is 1. The molecule has 1 aliphatic rings. The van der Waals surface area contributed by atoms with E-state index in [4.69, 9.17) is 4.74 Å². The molecule has 2 aromatic carbocycles. The highest BCUT2D eigenvalue weighted by Gasteiger charge is 2.32. The van der Waals surface area contributed by atoms with Gasteiger partial charge in [-0.1, -0.05) is 42.5 Å². The number of pyridine rings is 1. The van der Waals surface area contributed by atoms with E-state index in [1.165, 1.54) is 10.5 Å². The Balaban J connectivity index is 1.30. The van der Waals surface area contributed by atoms with Gasteiger partial charge in [0.15, 0.2) is 0 Å². The molecule has 33 heavy (non-hydrogen) atoms. The van der Waals surface area contributed by atoms with E-state index in [9.17, 15) is 13.2 Å². The molecule has 1 amide bonds. The summed E-state index contributed by atoms with van der Waals surface area (Å²) >= 11 is 0. The Labute approximate surface area is 194 Å². The van der Waals surface area contributed by atoms with Gasteiger partial charge in [-0.2, -0.15) is 4.31 Å². The Morgan fingerprint density at radius 3 is 2.36 bits per heavy atom. The van der Waals surface area contributed by atoms with E-state index >= 15 is 0 Å². The van der Waals surface area contributed by atoms with Crippen molar-refractivity contribution in [3.8, 4) is 5.75 Å². The summed E-state index contributed by atoms with van der Waals surface area (Å²) in [5.41, 5.74) is 2.01. The second-order valence-corrected chi connectivity index (χ2v) is 9.89. The maximum Gasteiger partial charge on any atom is 0.244 e. The molecule has 0 saturated carbocycles. The lowest BCUT2D eigenvalue weighted by atomic mass is 9.97. The Kier molecular flexibility index (Phi) is 7.36. The second kappa shape index (κ2) is 10.6. The van der Waals surface area contributed by atoms with Gasteiger partial charge in [0, 0.05) is 37.9 Å². The van der Waals surface area contributed by atoms with Gasteiger partial charge in [0.25, 0.3) is 0 Å². The van der Waals surface area contributed by atoms with Crippen LogP contribution in [0.1, 0.15) is 24.0 Å². The van der Waals surface area contributed by atoms with Gasteiger partial charge in [-0.15, -0.1) is 0 Å². The van der Waals surface area contributed by atoms with Crippen molar-refractivity contribution in [2.75, 3.05) is 13.1 Å². The van der Waals surface area contributed by atoms with E-state index in [0.717, 1.165) is 16.9 Å². The largest absolute Gasteiger partial charge is 0.489 e. The lowest BCUT2D eigenvalue weighted by molar-refractivity contribution is -0.126. The molecular formula is C25H27N3O4S. The molecule has 1 aliphatic heterocycles. The Bertz CT molecular complexity index is 1160. The smallest absolute Gasteiger partial charge is 0.244 e. The molecule has 1 N–H and O–H groups in total. The molecule has 0 unspecified atom stereocenters. The summed E-state index contributed by atoms with van der Waals surface area (Å²) in [6.45, 7) is 1.45. The topological polar surface area (TPSA) is 88.6 Å². The Morgan fingerprint density at radius 2 is 1.67 bits per heavy atom. The standard InChI is InChI=1S/C25H27N3O4S/c29-25(20-12-15-28(16-13-20)33(30,31)24-11-6-14-26-18-24)27-17-21-7-4-5-8-22(21)19-32-23-9-2-1-3-10-23/h1-11,14,18,20H,12-13,15-17,19H2,(H,27,29). The molecule has 0 bridgehead atoms. The average Bonchev–Trinajstić information content (AvgIpc) is 2.87. The normalized spacial score (nSPS) is 15.2. The molecule has 4 rings (SSSR count). The predicted molar refractivity (Wildman–Crippen MR) is 125 cm³/mol. The summed E-state index contributed by atoms with van der Waals surface area (Å²) in [7, 11) is -3.58. The minimum atomic E-state index is -3.58. The number of aromatic nitrogens is 1. The number of benzene rings is 2. The van der Waals surface area contributed by atoms with Gasteiger partial charge < -0.3 is 10.1 Å². The van der Waals surface area contributed by atoms with Crippen LogP contribution in [0.25, 0.3) is 0 Å². The number of nitrogens with zero attached hydrogens (tertiary/aromatic N) is 2. The number of carbonyl (C=O) groups is 1. The zero-order chi connectivity index (χ0) is 23.1. The molecule has 7 nitrogen and oxygen atoms in total. The molecule has 1 fully saturated rings. The van der Waals surface area contributed by atoms with E-state index in [1.807, 2.05) is 54.6 Å². The minimum Gasteiger partial charge on any atom is -0.489 e. The highest BCUT2D eigenvalue weighted by Crippen LogP contribution is 2.24. The maximum absolute atomic E-state index is 12.8. The van der Waals surface area contributed by atoms with E-state index < -0.39 is 10.0 Å². The van der Waals surface area contributed by atoms with Crippen LogP contribution in [0.2, 0.25) is 0 Å².